The molecule has 1 unspecified atom stereocenters. The summed E-state index contributed by atoms with van der Waals surface area (Å²) in [6, 6.07) is 11.3. The van der Waals surface area contributed by atoms with Gasteiger partial charge in [-0.15, -0.1) is 24.0 Å². The van der Waals surface area contributed by atoms with Gasteiger partial charge in [0.05, 0.1) is 0 Å². The van der Waals surface area contributed by atoms with E-state index in [0.717, 1.165) is 18.9 Å². The van der Waals surface area contributed by atoms with Gasteiger partial charge in [0, 0.05) is 38.6 Å². The van der Waals surface area contributed by atoms with Crippen LogP contribution in [0.3, 0.4) is 0 Å². The summed E-state index contributed by atoms with van der Waals surface area (Å²) >= 11 is 0. The van der Waals surface area contributed by atoms with Crippen LogP contribution in [-0.4, -0.2) is 50.1 Å². The number of nitrogens with zero attached hydrogens (tertiary/aromatic N) is 2. The van der Waals surface area contributed by atoms with Crippen molar-refractivity contribution in [1.29, 1.82) is 0 Å². The molecule has 0 saturated carbocycles. The summed E-state index contributed by atoms with van der Waals surface area (Å²) in [6.07, 6.45) is 4.79. The highest BCUT2D eigenvalue weighted by atomic mass is 127. The van der Waals surface area contributed by atoms with Gasteiger partial charge in [0.2, 0.25) is 0 Å². The van der Waals surface area contributed by atoms with E-state index in [2.05, 4.69) is 64.7 Å². The minimum absolute atomic E-state index is 0. The molecule has 1 saturated heterocycles. The summed E-state index contributed by atoms with van der Waals surface area (Å²) in [4.78, 5) is 6.98. The number of aliphatic imine (C=N–C) groups is 1. The number of guanidine groups is 1. The third-order valence-corrected chi connectivity index (χ3v) is 4.97. The van der Waals surface area contributed by atoms with E-state index in [0.29, 0.717) is 12.0 Å². The molecule has 0 aromatic heterocycles. The van der Waals surface area contributed by atoms with Crippen molar-refractivity contribution >= 4 is 29.9 Å². The maximum atomic E-state index is 4.42. The zero-order valence-electron chi connectivity index (χ0n) is 16.0. The second kappa shape index (κ2) is 12.5. The molecule has 1 aliphatic heterocycles. The highest BCUT2D eigenvalue weighted by Crippen LogP contribution is 2.18. The van der Waals surface area contributed by atoms with Gasteiger partial charge in [-0.25, -0.2) is 0 Å². The largest absolute Gasteiger partial charge is 0.356 e. The lowest BCUT2D eigenvalue weighted by Crippen LogP contribution is -2.49. The summed E-state index contributed by atoms with van der Waals surface area (Å²) in [6.45, 7) is 9.06. The molecule has 25 heavy (non-hydrogen) atoms. The van der Waals surface area contributed by atoms with Crippen molar-refractivity contribution in [1.82, 2.24) is 15.5 Å². The average Bonchev–Trinajstić information content (AvgIpc) is 2.64. The van der Waals surface area contributed by atoms with E-state index < -0.39 is 0 Å². The molecule has 5 heteroatoms. The van der Waals surface area contributed by atoms with E-state index in [1.165, 1.54) is 44.5 Å². The quantitative estimate of drug-likeness (QED) is 0.371. The first kappa shape index (κ1) is 22.2. The van der Waals surface area contributed by atoms with Gasteiger partial charge < -0.3 is 15.5 Å². The van der Waals surface area contributed by atoms with E-state index in [9.17, 15) is 0 Å². The van der Waals surface area contributed by atoms with Crippen LogP contribution >= 0.6 is 24.0 Å². The van der Waals surface area contributed by atoms with Gasteiger partial charge in [-0.2, -0.15) is 0 Å². The highest BCUT2D eigenvalue weighted by Gasteiger charge is 2.19. The predicted octanol–water partition coefficient (Wildman–Crippen LogP) is 3.84. The van der Waals surface area contributed by atoms with Gasteiger partial charge in [-0.3, -0.25) is 4.99 Å². The monoisotopic (exact) mass is 458 g/mol. The normalized spacial score (nSPS) is 17.6. The second-order valence-electron chi connectivity index (χ2n) is 6.73. The van der Waals surface area contributed by atoms with Crippen LogP contribution in [0.25, 0.3) is 0 Å². The predicted molar refractivity (Wildman–Crippen MR) is 119 cm³/mol. The summed E-state index contributed by atoms with van der Waals surface area (Å²) in [5, 5.41) is 7.14. The lowest BCUT2D eigenvalue weighted by Gasteiger charge is -2.33. The second-order valence-corrected chi connectivity index (χ2v) is 6.73. The lowest BCUT2D eigenvalue weighted by atomic mass is 9.96. The van der Waals surface area contributed by atoms with Gasteiger partial charge in [-0.05, 0) is 37.8 Å². The van der Waals surface area contributed by atoms with E-state index in [-0.39, 0.29) is 24.0 Å². The third kappa shape index (κ3) is 7.52. The Kier molecular flexibility index (Phi) is 11.1. The zero-order chi connectivity index (χ0) is 17.2. The minimum atomic E-state index is 0. The van der Waals surface area contributed by atoms with Crippen molar-refractivity contribution < 1.29 is 0 Å². The molecule has 142 valence electrons. The standard InChI is InChI=1S/C20H34N4.HI/c1-4-13-24-14-11-19(12-15-24)23-20(21-3)22-16-17(5-2)18-9-7-6-8-10-18;/h6-10,17,19H,4-5,11-16H2,1-3H3,(H2,21,22,23);1H. The smallest absolute Gasteiger partial charge is 0.191 e. The molecule has 1 aromatic rings. The Morgan fingerprint density at radius 2 is 1.88 bits per heavy atom. The number of likely N-dealkylation sites (tertiary alicyclic amines) is 1. The number of hydrogen-bond donors (Lipinski definition) is 2. The van der Waals surface area contributed by atoms with Crippen molar-refractivity contribution in [2.24, 2.45) is 4.99 Å². The molecule has 2 rings (SSSR count). The van der Waals surface area contributed by atoms with Crippen LogP contribution in [0.5, 0.6) is 0 Å². The molecule has 1 aliphatic rings. The topological polar surface area (TPSA) is 39.7 Å². The first-order chi connectivity index (χ1) is 11.8. The Hall–Kier alpha value is -0.820. The van der Waals surface area contributed by atoms with Crippen molar-refractivity contribution in [2.75, 3.05) is 33.2 Å². The van der Waals surface area contributed by atoms with Crippen LogP contribution in [0.2, 0.25) is 0 Å². The van der Waals surface area contributed by atoms with Crippen LogP contribution in [-0.2, 0) is 0 Å². The van der Waals surface area contributed by atoms with E-state index in [4.69, 9.17) is 0 Å². The molecule has 1 fully saturated rings. The molecule has 1 atom stereocenters. The van der Waals surface area contributed by atoms with Crippen LogP contribution in [0, 0.1) is 0 Å². The summed E-state index contributed by atoms with van der Waals surface area (Å²) in [5.41, 5.74) is 1.40. The fraction of sp³-hybridized carbons (Fsp3) is 0.650. The maximum absolute atomic E-state index is 4.42. The summed E-state index contributed by atoms with van der Waals surface area (Å²) < 4.78 is 0. The first-order valence-electron chi connectivity index (χ1n) is 9.51. The number of benzene rings is 1. The molecule has 0 spiro atoms. The molecular weight excluding hydrogens is 423 g/mol. The van der Waals surface area contributed by atoms with Crippen molar-refractivity contribution in [3.8, 4) is 0 Å². The van der Waals surface area contributed by atoms with E-state index in [1.807, 2.05) is 7.05 Å². The maximum Gasteiger partial charge on any atom is 0.191 e. The Morgan fingerprint density at radius 3 is 2.44 bits per heavy atom. The molecule has 0 radical (unpaired) electrons. The molecule has 0 amide bonds. The molecule has 1 heterocycles. The first-order valence-corrected chi connectivity index (χ1v) is 9.51. The highest BCUT2D eigenvalue weighted by molar-refractivity contribution is 14.0. The van der Waals surface area contributed by atoms with Gasteiger partial charge in [0.25, 0.3) is 0 Å². The lowest BCUT2D eigenvalue weighted by molar-refractivity contribution is 0.206. The number of halogens is 1. The molecule has 1 aromatic carbocycles. The van der Waals surface area contributed by atoms with Crippen LogP contribution < -0.4 is 10.6 Å². The Morgan fingerprint density at radius 1 is 1.20 bits per heavy atom. The van der Waals surface area contributed by atoms with E-state index >= 15 is 0 Å². The Balaban J connectivity index is 0.00000312. The number of piperidine rings is 1. The molecule has 2 N–H and O–H groups in total. The van der Waals surface area contributed by atoms with Crippen molar-refractivity contribution in [2.45, 2.75) is 51.5 Å². The average molecular weight is 458 g/mol. The van der Waals surface area contributed by atoms with Crippen LogP contribution in [0.4, 0.5) is 0 Å². The van der Waals surface area contributed by atoms with Crippen LogP contribution in [0.15, 0.2) is 35.3 Å². The summed E-state index contributed by atoms with van der Waals surface area (Å²) in [5.74, 6) is 1.47. The SMILES string of the molecule is CCCN1CCC(NC(=NC)NCC(CC)c2ccccc2)CC1.I. The minimum Gasteiger partial charge on any atom is -0.356 e. The number of nitrogens with one attached hydrogen (secondary N) is 2. The zero-order valence-corrected chi connectivity index (χ0v) is 18.3. The van der Waals surface area contributed by atoms with E-state index in [1.54, 1.807) is 0 Å². The fourth-order valence-corrected chi connectivity index (χ4v) is 3.45. The molecule has 4 nitrogen and oxygen atoms in total. The van der Waals surface area contributed by atoms with Gasteiger partial charge in [0.1, 0.15) is 0 Å². The van der Waals surface area contributed by atoms with Crippen LogP contribution in [0.1, 0.15) is 51.0 Å². The number of hydrogen-bond acceptors (Lipinski definition) is 2. The third-order valence-electron chi connectivity index (χ3n) is 4.97. The molecule has 0 bridgehead atoms. The van der Waals surface area contributed by atoms with Gasteiger partial charge in [-0.1, -0.05) is 44.2 Å². The number of rotatable bonds is 7. The summed E-state index contributed by atoms with van der Waals surface area (Å²) in [7, 11) is 1.87. The van der Waals surface area contributed by atoms with Crippen molar-refractivity contribution in [3.05, 3.63) is 35.9 Å². The molecule has 0 aliphatic carbocycles. The Labute approximate surface area is 170 Å². The fourth-order valence-electron chi connectivity index (χ4n) is 3.45. The van der Waals surface area contributed by atoms with Gasteiger partial charge in [0.15, 0.2) is 5.96 Å². The van der Waals surface area contributed by atoms with Gasteiger partial charge >= 0.3 is 0 Å². The van der Waals surface area contributed by atoms with Crippen molar-refractivity contribution in [3.63, 3.8) is 0 Å². The molecular formula is C20H35IN4. The Bertz CT molecular complexity index is 484.